The van der Waals surface area contributed by atoms with Gasteiger partial charge in [0.05, 0.1) is 5.75 Å². The summed E-state index contributed by atoms with van der Waals surface area (Å²) in [6, 6.07) is 14.6. The van der Waals surface area contributed by atoms with Crippen molar-refractivity contribution in [1.82, 2.24) is 9.62 Å². The van der Waals surface area contributed by atoms with Crippen LogP contribution in [-0.4, -0.2) is 44.0 Å². The van der Waals surface area contributed by atoms with Gasteiger partial charge in [0, 0.05) is 41.7 Å². The van der Waals surface area contributed by atoms with Crippen LogP contribution in [0.4, 0.5) is 0 Å². The molecule has 1 N–H and O–H groups in total. The lowest BCUT2D eigenvalue weighted by atomic mass is 10.1. The monoisotopic (exact) mass is 466 g/mol. The molecular formula is C22H27ClN2O3S2. The normalized spacial score (nSPS) is 15.1. The quantitative estimate of drug-likeness (QED) is 0.559. The molecule has 2 aromatic carbocycles. The van der Waals surface area contributed by atoms with E-state index in [1.807, 2.05) is 24.3 Å². The van der Waals surface area contributed by atoms with Crippen LogP contribution in [0, 0.1) is 0 Å². The van der Waals surface area contributed by atoms with Gasteiger partial charge in [-0.15, -0.1) is 0 Å². The van der Waals surface area contributed by atoms with Crippen molar-refractivity contribution in [3.63, 3.8) is 0 Å². The molecule has 0 saturated carbocycles. The van der Waals surface area contributed by atoms with Crippen LogP contribution in [0.1, 0.15) is 40.7 Å². The zero-order chi connectivity index (χ0) is 21.4. The van der Waals surface area contributed by atoms with Crippen molar-refractivity contribution in [2.24, 2.45) is 0 Å². The van der Waals surface area contributed by atoms with Gasteiger partial charge in [-0.3, -0.25) is 4.79 Å². The Morgan fingerprint density at radius 1 is 0.967 bits per heavy atom. The highest BCUT2D eigenvalue weighted by Crippen LogP contribution is 2.18. The second kappa shape index (κ2) is 11.2. The highest BCUT2D eigenvalue weighted by molar-refractivity contribution is 7.98. The van der Waals surface area contributed by atoms with E-state index in [4.69, 9.17) is 11.6 Å². The Morgan fingerprint density at radius 3 is 2.27 bits per heavy atom. The van der Waals surface area contributed by atoms with Crippen LogP contribution in [0.2, 0.25) is 5.02 Å². The third-order valence-corrected chi connectivity index (χ3v) is 8.12. The summed E-state index contributed by atoms with van der Waals surface area (Å²) in [5.41, 5.74) is 2.44. The summed E-state index contributed by atoms with van der Waals surface area (Å²) in [5, 5.41) is 3.63. The highest BCUT2D eigenvalue weighted by atomic mass is 35.5. The number of carbonyl (C=O) groups is 1. The summed E-state index contributed by atoms with van der Waals surface area (Å²) in [6.07, 6.45) is 2.95. The zero-order valence-corrected chi connectivity index (χ0v) is 19.2. The van der Waals surface area contributed by atoms with Gasteiger partial charge in [0.15, 0.2) is 0 Å². The van der Waals surface area contributed by atoms with Crippen molar-refractivity contribution < 1.29 is 13.2 Å². The van der Waals surface area contributed by atoms with E-state index in [1.54, 1.807) is 40.3 Å². The molecule has 0 atom stereocenters. The number of hydrogen-bond acceptors (Lipinski definition) is 4. The SMILES string of the molecule is O=C(NCCSCc1ccc(Cl)cc1)c1ccc(CS(=O)(=O)N2CCCCC2)cc1. The molecule has 1 aliphatic heterocycles. The first-order valence-corrected chi connectivity index (χ1v) is 13.3. The van der Waals surface area contributed by atoms with E-state index in [9.17, 15) is 13.2 Å². The fourth-order valence-corrected chi connectivity index (χ4v) is 5.86. The number of halogens is 1. The highest BCUT2D eigenvalue weighted by Gasteiger charge is 2.24. The van der Waals surface area contributed by atoms with Gasteiger partial charge < -0.3 is 5.32 Å². The Bertz CT molecular complexity index is 926. The molecule has 162 valence electrons. The average molecular weight is 467 g/mol. The molecule has 1 amide bonds. The van der Waals surface area contributed by atoms with E-state index in [-0.39, 0.29) is 11.7 Å². The molecule has 0 radical (unpaired) electrons. The molecular weight excluding hydrogens is 440 g/mol. The molecule has 8 heteroatoms. The average Bonchev–Trinajstić information content (AvgIpc) is 2.75. The van der Waals surface area contributed by atoms with Gasteiger partial charge in [0.2, 0.25) is 10.0 Å². The van der Waals surface area contributed by atoms with Crippen LogP contribution < -0.4 is 5.32 Å². The van der Waals surface area contributed by atoms with Gasteiger partial charge >= 0.3 is 0 Å². The summed E-state index contributed by atoms with van der Waals surface area (Å²) in [4.78, 5) is 12.3. The lowest BCUT2D eigenvalue weighted by Crippen LogP contribution is -2.36. The maximum absolute atomic E-state index is 12.5. The predicted molar refractivity (Wildman–Crippen MR) is 124 cm³/mol. The van der Waals surface area contributed by atoms with Crippen molar-refractivity contribution in [2.75, 3.05) is 25.4 Å². The summed E-state index contributed by atoms with van der Waals surface area (Å²) >= 11 is 7.62. The fraction of sp³-hybridized carbons (Fsp3) is 0.409. The first-order chi connectivity index (χ1) is 14.4. The summed E-state index contributed by atoms with van der Waals surface area (Å²) < 4.78 is 26.6. The number of nitrogens with one attached hydrogen (secondary N) is 1. The minimum absolute atomic E-state index is 0.0176. The number of thioether (sulfide) groups is 1. The molecule has 0 unspecified atom stereocenters. The minimum Gasteiger partial charge on any atom is -0.351 e. The maximum Gasteiger partial charge on any atom is 0.251 e. The number of hydrogen-bond donors (Lipinski definition) is 1. The van der Waals surface area contributed by atoms with Crippen LogP contribution in [0.5, 0.6) is 0 Å². The lowest BCUT2D eigenvalue weighted by molar-refractivity contribution is 0.0956. The Labute approximate surface area is 188 Å². The van der Waals surface area contributed by atoms with Crippen molar-refractivity contribution in [3.05, 3.63) is 70.2 Å². The summed E-state index contributed by atoms with van der Waals surface area (Å²) in [7, 11) is -3.29. The third kappa shape index (κ3) is 7.01. The lowest BCUT2D eigenvalue weighted by Gasteiger charge is -2.25. The number of carbonyl (C=O) groups excluding carboxylic acids is 1. The molecule has 30 heavy (non-hydrogen) atoms. The summed E-state index contributed by atoms with van der Waals surface area (Å²) in [6.45, 7) is 1.79. The molecule has 0 aromatic heterocycles. The molecule has 0 spiro atoms. The summed E-state index contributed by atoms with van der Waals surface area (Å²) in [5.74, 6) is 1.51. The zero-order valence-electron chi connectivity index (χ0n) is 16.8. The smallest absolute Gasteiger partial charge is 0.251 e. The largest absolute Gasteiger partial charge is 0.351 e. The van der Waals surface area contributed by atoms with Crippen molar-refractivity contribution in [3.8, 4) is 0 Å². The Kier molecular flexibility index (Phi) is 8.62. The third-order valence-electron chi connectivity index (χ3n) is 4.99. The molecule has 2 aromatic rings. The molecule has 1 saturated heterocycles. The van der Waals surface area contributed by atoms with Crippen molar-refractivity contribution >= 4 is 39.3 Å². The molecule has 0 aliphatic carbocycles. The Balaban J connectivity index is 1.41. The van der Waals surface area contributed by atoms with Crippen LogP contribution in [0.25, 0.3) is 0 Å². The number of amides is 1. The first kappa shape index (κ1) is 23.1. The van der Waals surface area contributed by atoms with Crippen molar-refractivity contribution in [2.45, 2.75) is 30.8 Å². The second-order valence-electron chi connectivity index (χ2n) is 7.35. The molecule has 1 aliphatic rings. The minimum atomic E-state index is -3.29. The van der Waals surface area contributed by atoms with Crippen LogP contribution >= 0.6 is 23.4 Å². The number of sulfonamides is 1. The molecule has 1 fully saturated rings. The number of benzene rings is 2. The van der Waals surface area contributed by atoms with Crippen LogP contribution in [0.3, 0.4) is 0 Å². The second-order valence-corrected chi connectivity index (χ2v) is 10.9. The standard InChI is InChI=1S/C22H27ClN2O3S2/c23-21-10-6-18(7-11-21)16-29-15-12-24-22(26)20-8-4-19(5-9-20)17-30(27,28)25-13-2-1-3-14-25/h4-11H,1-3,12-17H2,(H,24,26). The number of piperidine rings is 1. The van der Waals surface area contributed by atoms with Gasteiger partial charge in [0.1, 0.15) is 0 Å². The Morgan fingerprint density at radius 2 is 1.60 bits per heavy atom. The topological polar surface area (TPSA) is 66.5 Å². The Hall–Kier alpha value is -1.54. The van der Waals surface area contributed by atoms with E-state index in [1.165, 1.54) is 5.56 Å². The fourth-order valence-electron chi connectivity index (χ4n) is 3.31. The molecule has 5 nitrogen and oxygen atoms in total. The molecule has 0 bridgehead atoms. The van der Waals surface area contributed by atoms with Crippen LogP contribution in [0.15, 0.2) is 48.5 Å². The van der Waals surface area contributed by atoms with Gasteiger partial charge in [-0.25, -0.2) is 12.7 Å². The molecule has 1 heterocycles. The van der Waals surface area contributed by atoms with E-state index in [2.05, 4.69) is 5.32 Å². The maximum atomic E-state index is 12.5. The van der Waals surface area contributed by atoms with E-state index >= 15 is 0 Å². The van der Waals surface area contributed by atoms with E-state index < -0.39 is 10.0 Å². The first-order valence-electron chi connectivity index (χ1n) is 10.1. The molecule has 3 rings (SSSR count). The van der Waals surface area contributed by atoms with Gasteiger partial charge in [-0.05, 0) is 48.2 Å². The number of nitrogens with zero attached hydrogens (tertiary/aromatic N) is 1. The van der Waals surface area contributed by atoms with Gasteiger partial charge in [0.25, 0.3) is 5.91 Å². The van der Waals surface area contributed by atoms with Crippen LogP contribution in [-0.2, 0) is 21.5 Å². The van der Waals surface area contributed by atoms with Gasteiger partial charge in [-0.2, -0.15) is 11.8 Å². The van der Waals surface area contributed by atoms with Crippen molar-refractivity contribution in [1.29, 1.82) is 0 Å². The van der Waals surface area contributed by atoms with E-state index in [0.717, 1.165) is 35.8 Å². The van der Waals surface area contributed by atoms with Gasteiger partial charge in [-0.1, -0.05) is 42.3 Å². The predicted octanol–water partition coefficient (Wildman–Crippen LogP) is 4.32. The number of rotatable bonds is 9. The van der Waals surface area contributed by atoms with E-state index in [0.29, 0.717) is 30.8 Å².